The Hall–Kier alpha value is -0.650. The molecule has 0 aliphatic carbocycles. The zero-order chi connectivity index (χ0) is 13.2. The number of likely N-dealkylation sites (tertiary alicyclic amines) is 1. The Bertz CT molecular complexity index is 299. The van der Waals surface area contributed by atoms with Gasteiger partial charge in [-0.2, -0.15) is 0 Å². The van der Waals surface area contributed by atoms with Gasteiger partial charge in [-0.05, 0) is 33.7 Å². The summed E-state index contributed by atoms with van der Waals surface area (Å²) in [5.41, 5.74) is -0.632. The second-order valence-electron chi connectivity index (χ2n) is 5.45. The maximum Gasteiger partial charge on any atom is 0.327 e. The molecule has 104 valence electrons. The summed E-state index contributed by atoms with van der Waals surface area (Å²) in [6.07, 6.45) is 3.01. The number of ether oxygens (including phenoxy) is 2. The van der Waals surface area contributed by atoms with E-state index in [2.05, 4.69) is 10.2 Å². The number of likely N-dealkylation sites (N-methyl/N-ethyl adjacent to an activating group) is 1. The third kappa shape index (κ3) is 2.84. The van der Waals surface area contributed by atoms with Crippen molar-refractivity contribution in [3.05, 3.63) is 0 Å². The predicted molar refractivity (Wildman–Crippen MR) is 68.4 cm³/mol. The van der Waals surface area contributed by atoms with Crippen molar-refractivity contribution in [1.29, 1.82) is 0 Å². The molecule has 18 heavy (non-hydrogen) atoms. The van der Waals surface area contributed by atoms with Crippen molar-refractivity contribution in [2.24, 2.45) is 0 Å². The minimum absolute atomic E-state index is 0.175. The minimum Gasteiger partial charge on any atom is -0.465 e. The molecule has 2 heterocycles. The monoisotopic (exact) mass is 256 g/mol. The van der Waals surface area contributed by atoms with Crippen molar-refractivity contribution in [3.63, 3.8) is 0 Å². The Kier molecular flexibility index (Phi) is 4.25. The molecule has 0 aromatic carbocycles. The summed E-state index contributed by atoms with van der Waals surface area (Å²) in [6, 6.07) is 0. The molecule has 0 aromatic heterocycles. The van der Waals surface area contributed by atoms with Crippen LogP contribution in [0.1, 0.15) is 26.7 Å². The lowest BCUT2D eigenvalue weighted by Crippen LogP contribution is -2.58. The van der Waals surface area contributed by atoms with Crippen LogP contribution in [0, 0.1) is 0 Å². The second kappa shape index (κ2) is 5.55. The van der Waals surface area contributed by atoms with Crippen molar-refractivity contribution in [2.75, 3.05) is 33.3 Å². The second-order valence-corrected chi connectivity index (χ2v) is 5.45. The van der Waals surface area contributed by atoms with Crippen LogP contribution in [0.25, 0.3) is 0 Å². The Morgan fingerprint density at radius 1 is 1.44 bits per heavy atom. The van der Waals surface area contributed by atoms with Gasteiger partial charge in [0.2, 0.25) is 0 Å². The van der Waals surface area contributed by atoms with Crippen molar-refractivity contribution in [3.8, 4) is 0 Å². The van der Waals surface area contributed by atoms with Gasteiger partial charge >= 0.3 is 5.97 Å². The van der Waals surface area contributed by atoms with Crippen LogP contribution < -0.4 is 5.32 Å². The Balaban J connectivity index is 1.95. The van der Waals surface area contributed by atoms with Gasteiger partial charge in [0, 0.05) is 19.6 Å². The SMILES string of the molecule is CCOC(=O)C(C)(CN1CC2CCC(C1)O2)NC. The van der Waals surface area contributed by atoms with Gasteiger partial charge in [0.15, 0.2) is 0 Å². The number of nitrogens with one attached hydrogen (secondary N) is 1. The van der Waals surface area contributed by atoms with Gasteiger partial charge in [-0.15, -0.1) is 0 Å². The number of morpholine rings is 1. The first-order valence-electron chi connectivity index (χ1n) is 6.81. The lowest BCUT2D eigenvalue weighted by atomic mass is 10.0. The van der Waals surface area contributed by atoms with E-state index in [9.17, 15) is 4.79 Å². The van der Waals surface area contributed by atoms with Gasteiger partial charge in [-0.3, -0.25) is 9.69 Å². The first-order valence-corrected chi connectivity index (χ1v) is 6.81. The molecule has 2 rings (SSSR count). The van der Waals surface area contributed by atoms with Gasteiger partial charge in [0.1, 0.15) is 5.54 Å². The standard InChI is InChI=1S/C13H24N2O3/c1-4-17-12(16)13(2,14-3)9-15-7-10-5-6-11(8-15)18-10/h10-11,14H,4-9H2,1-3H3. The molecular formula is C13H24N2O3. The highest BCUT2D eigenvalue weighted by Crippen LogP contribution is 2.27. The third-order valence-corrected chi connectivity index (χ3v) is 3.94. The molecule has 2 bridgehead atoms. The average Bonchev–Trinajstić information content (AvgIpc) is 2.69. The summed E-state index contributed by atoms with van der Waals surface area (Å²) in [6.45, 7) is 6.69. The molecule has 0 radical (unpaired) electrons. The van der Waals surface area contributed by atoms with E-state index in [1.54, 1.807) is 0 Å². The summed E-state index contributed by atoms with van der Waals surface area (Å²) >= 11 is 0. The molecule has 2 aliphatic rings. The fourth-order valence-corrected chi connectivity index (χ4v) is 2.81. The van der Waals surface area contributed by atoms with Crippen molar-refractivity contribution in [1.82, 2.24) is 10.2 Å². The molecule has 2 saturated heterocycles. The lowest BCUT2D eigenvalue weighted by Gasteiger charge is -2.37. The minimum atomic E-state index is -0.632. The molecule has 5 nitrogen and oxygen atoms in total. The molecule has 0 aromatic rings. The van der Waals surface area contributed by atoms with E-state index in [1.165, 1.54) is 0 Å². The first kappa shape index (κ1) is 13.8. The lowest BCUT2D eigenvalue weighted by molar-refractivity contribution is -0.152. The largest absolute Gasteiger partial charge is 0.465 e. The van der Waals surface area contributed by atoms with E-state index < -0.39 is 5.54 Å². The van der Waals surface area contributed by atoms with Crippen LogP contribution in [0.4, 0.5) is 0 Å². The smallest absolute Gasteiger partial charge is 0.327 e. The summed E-state index contributed by atoms with van der Waals surface area (Å²) in [7, 11) is 1.81. The highest BCUT2D eigenvalue weighted by atomic mass is 16.5. The predicted octanol–water partition coefficient (Wildman–Crippen LogP) is 0.391. The molecule has 2 aliphatic heterocycles. The summed E-state index contributed by atoms with van der Waals surface area (Å²) in [5.74, 6) is -0.175. The van der Waals surface area contributed by atoms with Crippen LogP contribution in [0.15, 0.2) is 0 Å². The molecule has 3 atom stereocenters. The summed E-state index contributed by atoms with van der Waals surface area (Å²) in [4.78, 5) is 14.3. The maximum atomic E-state index is 12.0. The molecule has 0 spiro atoms. The van der Waals surface area contributed by atoms with E-state index in [0.717, 1.165) is 25.9 Å². The van der Waals surface area contributed by atoms with E-state index in [4.69, 9.17) is 9.47 Å². The van der Waals surface area contributed by atoms with Gasteiger partial charge in [0.05, 0.1) is 18.8 Å². The van der Waals surface area contributed by atoms with Crippen molar-refractivity contribution in [2.45, 2.75) is 44.4 Å². The van der Waals surface area contributed by atoms with Crippen molar-refractivity contribution < 1.29 is 14.3 Å². The van der Waals surface area contributed by atoms with Crippen LogP contribution in [0.5, 0.6) is 0 Å². The Labute approximate surface area is 109 Å². The van der Waals surface area contributed by atoms with Crippen molar-refractivity contribution >= 4 is 5.97 Å². The van der Waals surface area contributed by atoms with E-state index in [0.29, 0.717) is 25.4 Å². The fourth-order valence-electron chi connectivity index (χ4n) is 2.81. The highest BCUT2D eigenvalue weighted by molar-refractivity contribution is 5.80. The Morgan fingerprint density at radius 2 is 2.06 bits per heavy atom. The first-order chi connectivity index (χ1) is 8.57. The van der Waals surface area contributed by atoms with E-state index >= 15 is 0 Å². The summed E-state index contributed by atoms with van der Waals surface area (Å²) < 4.78 is 11.0. The number of nitrogens with zero attached hydrogens (tertiary/aromatic N) is 1. The molecule has 0 amide bonds. The molecule has 3 unspecified atom stereocenters. The number of carbonyl (C=O) groups is 1. The molecular weight excluding hydrogens is 232 g/mol. The van der Waals surface area contributed by atoms with E-state index in [-0.39, 0.29) is 5.97 Å². The normalized spacial score (nSPS) is 31.1. The zero-order valence-corrected chi connectivity index (χ0v) is 11.6. The van der Waals surface area contributed by atoms with E-state index in [1.807, 2.05) is 20.9 Å². The number of rotatable bonds is 5. The number of carbonyl (C=O) groups excluding carboxylic acids is 1. The zero-order valence-electron chi connectivity index (χ0n) is 11.6. The van der Waals surface area contributed by atoms with Crippen LogP contribution in [0.3, 0.4) is 0 Å². The maximum absolute atomic E-state index is 12.0. The van der Waals surface area contributed by atoms with Gasteiger partial charge < -0.3 is 14.8 Å². The van der Waals surface area contributed by atoms with Gasteiger partial charge in [-0.1, -0.05) is 0 Å². The number of fused-ring (bicyclic) bond motifs is 2. The quantitative estimate of drug-likeness (QED) is 0.721. The van der Waals surface area contributed by atoms with Crippen LogP contribution in [-0.4, -0.2) is 61.9 Å². The van der Waals surface area contributed by atoms with Gasteiger partial charge in [0.25, 0.3) is 0 Å². The number of hydrogen-bond acceptors (Lipinski definition) is 5. The topological polar surface area (TPSA) is 50.8 Å². The van der Waals surface area contributed by atoms with Crippen LogP contribution in [-0.2, 0) is 14.3 Å². The molecule has 2 fully saturated rings. The fraction of sp³-hybridized carbons (Fsp3) is 0.923. The number of hydrogen-bond donors (Lipinski definition) is 1. The highest BCUT2D eigenvalue weighted by Gasteiger charge is 2.40. The molecule has 0 saturated carbocycles. The van der Waals surface area contributed by atoms with Gasteiger partial charge in [-0.25, -0.2) is 0 Å². The van der Waals surface area contributed by atoms with Crippen LogP contribution in [0.2, 0.25) is 0 Å². The Morgan fingerprint density at radius 3 is 2.56 bits per heavy atom. The molecule has 5 heteroatoms. The van der Waals surface area contributed by atoms with Crippen LogP contribution >= 0.6 is 0 Å². The summed E-state index contributed by atoms with van der Waals surface area (Å²) in [5, 5.41) is 3.10. The number of esters is 1. The molecule has 1 N–H and O–H groups in total. The average molecular weight is 256 g/mol. The third-order valence-electron chi connectivity index (χ3n) is 3.94.